The van der Waals surface area contributed by atoms with Crippen LogP contribution in [0, 0.1) is 3.95 Å². The lowest BCUT2D eigenvalue weighted by Crippen LogP contribution is -2.23. The SMILES string of the molecule is O=c1c2ccccc2n2c(=S)sc(-c3ccc(Cl)c(Cl)c3)c2n1Cc1ccc(Cl)cc1. The fourth-order valence-electron chi connectivity index (χ4n) is 3.66. The lowest BCUT2D eigenvalue weighted by atomic mass is 10.1. The molecule has 31 heavy (non-hydrogen) atoms. The minimum absolute atomic E-state index is 0.0836. The van der Waals surface area contributed by atoms with Gasteiger partial charge in [0, 0.05) is 5.02 Å². The van der Waals surface area contributed by atoms with Crippen LogP contribution in [0.2, 0.25) is 15.1 Å². The highest BCUT2D eigenvalue weighted by Crippen LogP contribution is 2.36. The monoisotopic (exact) mass is 502 g/mol. The Morgan fingerprint density at radius 2 is 1.65 bits per heavy atom. The fraction of sp³-hybridized carbons (Fsp3) is 0.0435. The maximum atomic E-state index is 13.6. The first-order valence-corrected chi connectivity index (χ1v) is 11.7. The van der Waals surface area contributed by atoms with Crippen molar-refractivity contribution in [2.45, 2.75) is 6.54 Å². The van der Waals surface area contributed by atoms with Crippen molar-refractivity contribution in [1.82, 2.24) is 8.97 Å². The Morgan fingerprint density at radius 3 is 2.39 bits per heavy atom. The second-order valence-electron chi connectivity index (χ2n) is 7.02. The molecule has 8 heteroatoms. The first kappa shape index (κ1) is 20.7. The smallest absolute Gasteiger partial charge is 0.261 e. The van der Waals surface area contributed by atoms with E-state index in [0.29, 0.717) is 31.0 Å². The number of halogens is 3. The van der Waals surface area contributed by atoms with Crippen LogP contribution in [0.25, 0.3) is 27.0 Å². The summed E-state index contributed by atoms with van der Waals surface area (Å²) in [5.74, 6) is 0. The van der Waals surface area contributed by atoms with Gasteiger partial charge >= 0.3 is 0 Å². The van der Waals surface area contributed by atoms with Crippen molar-refractivity contribution in [3.05, 3.63) is 102 Å². The quantitative estimate of drug-likeness (QED) is 0.236. The van der Waals surface area contributed by atoms with Gasteiger partial charge in [-0.2, -0.15) is 0 Å². The molecule has 0 spiro atoms. The zero-order valence-corrected chi connectivity index (χ0v) is 19.7. The minimum Gasteiger partial charge on any atom is -0.288 e. The molecule has 3 nitrogen and oxygen atoms in total. The van der Waals surface area contributed by atoms with Gasteiger partial charge in [0.25, 0.3) is 5.56 Å². The van der Waals surface area contributed by atoms with Crippen molar-refractivity contribution in [3.63, 3.8) is 0 Å². The van der Waals surface area contributed by atoms with E-state index < -0.39 is 0 Å². The van der Waals surface area contributed by atoms with E-state index in [1.54, 1.807) is 16.7 Å². The van der Waals surface area contributed by atoms with Crippen molar-refractivity contribution in [1.29, 1.82) is 0 Å². The minimum atomic E-state index is -0.0836. The van der Waals surface area contributed by atoms with Gasteiger partial charge < -0.3 is 0 Å². The van der Waals surface area contributed by atoms with Crippen molar-refractivity contribution in [3.8, 4) is 10.4 Å². The van der Waals surface area contributed by atoms with Gasteiger partial charge in [0.05, 0.1) is 32.4 Å². The second kappa shape index (κ2) is 8.08. The first-order valence-electron chi connectivity index (χ1n) is 9.31. The average molecular weight is 504 g/mol. The number of aromatic nitrogens is 2. The fourth-order valence-corrected chi connectivity index (χ4v) is 5.51. The molecule has 0 fully saturated rings. The molecule has 0 aliphatic carbocycles. The van der Waals surface area contributed by atoms with Crippen LogP contribution in [0.5, 0.6) is 0 Å². The van der Waals surface area contributed by atoms with Gasteiger partial charge in [-0.05, 0) is 59.7 Å². The zero-order valence-electron chi connectivity index (χ0n) is 15.8. The van der Waals surface area contributed by atoms with Crippen LogP contribution < -0.4 is 5.56 Å². The van der Waals surface area contributed by atoms with Gasteiger partial charge in [-0.25, -0.2) is 0 Å². The maximum absolute atomic E-state index is 13.6. The van der Waals surface area contributed by atoms with Crippen LogP contribution in [-0.2, 0) is 6.54 Å². The van der Waals surface area contributed by atoms with E-state index in [0.717, 1.165) is 27.2 Å². The third-order valence-corrected chi connectivity index (χ3v) is 7.50. The molecule has 5 aromatic rings. The summed E-state index contributed by atoms with van der Waals surface area (Å²) < 4.78 is 4.37. The Labute approximate surface area is 201 Å². The Balaban J connectivity index is 1.89. The van der Waals surface area contributed by atoms with Crippen LogP contribution >= 0.6 is 58.4 Å². The van der Waals surface area contributed by atoms with Crippen LogP contribution in [0.4, 0.5) is 0 Å². The van der Waals surface area contributed by atoms with Crippen molar-refractivity contribution >= 4 is 74.9 Å². The molecule has 0 amide bonds. The maximum Gasteiger partial charge on any atom is 0.261 e. The Kier molecular flexibility index (Phi) is 5.40. The number of fused-ring (bicyclic) bond motifs is 3. The summed E-state index contributed by atoms with van der Waals surface area (Å²) in [6, 6.07) is 20.4. The summed E-state index contributed by atoms with van der Waals surface area (Å²) in [6.07, 6.45) is 0. The molecule has 0 saturated carbocycles. The molecule has 0 saturated heterocycles. The number of rotatable bonds is 3. The second-order valence-corrected chi connectivity index (χ2v) is 9.91. The van der Waals surface area contributed by atoms with E-state index in [1.165, 1.54) is 11.3 Å². The van der Waals surface area contributed by atoms with Crippen LogP contribution in [0.1, 0.15) is 5.56 Å². The predicted octanol–water partition coefficient (Wildman–Crippen LogP) is 7.72. The van der Waals surface area contributed by atoms with E-state index in [-0.39, 0.29) is 5.56 Å². The molecule has 5 rings (SSSR count). The Bertz CT molecular complexity index is 1580. The largest absolute Gasteiger partial charge is 0.288 e. The Hall–Kier alpha value is -2.15. The number of nitrogens with zero attached hydrogens (tertiary/aromatic N) is 2. The highest BCUT2D eigenvalue weighted by molar-refractivity contribution is 7.73. The number of benzene rings is 3. The normalized spacial score (nSPS) is 11.5. The van der Waals surface area contributed by atoms with Crippen molar-refractivity contribution in [2.75, 3.05) is 0 Å². The zero-order chi connectivity index (χ0) is 21.7. The molecule has 3 aromatic carbocycles. The van der Waals surface area contributed by atoms with Gasteiger partial charge in [0.15, 0.2) is 3.95 Å². The molecule has 0 unspecified atom stereocenters. The van der Waals surface area contributed by atoms with E-state index in [9.17, 15) is 4.79 Å². The molecule has 154 valence electrons. The van der Waals surface area contributed by atoms with Gasteiger partial charge in [-0.3, -0.25) is 13.8 Å². The van der Waals surface area contributed by atoms with E-state index in [2.05, 4.69) is 0 Å². The van der Waals surface area contributed by atoms with Crippen LogP contribution in [-0.4, -0.2) is 8.97 Å². The van der Waals surface area contributed by atoms with Gasteiger partial charge in [-0.1, -0.05) is 65.1 Å². The topological polar surface area (TPSA) is 26.4 Å². The molecule has 0 aliphatic rings. The summed E-state index contributed by atoms with van der Waals surface area (Å²) in [6.45, 7) is 0.379. The summed E-state index contributed by atoms with van der Waals surface area (Å²) in [7, 11) is 0. The third kappa shape index (κ3) is 3.60. The molecule has 0 radical (unpaired) electrons. The number of para-hydroxylation sites is 1. The Morgan fingerprint density at radius 1 is 0.903 bits per heavy atom. The van der Waals surface area contributed by atoms with Crippen molar-refractivity contribution in [2.24, 2.45) is 0 Å². The van der Waals surface area contributed by atoms with E-state index >= 15 is 0 Å². The van der Waals surface area contributed by atoms with E-state index in [1.807, 2.05) is 59.0 Å². The number of thiazole rings is 1. The molecule has 0 N–H and O–H groups in total. The standard InChI is InChI=1S/C23H13Cl3N2OS2/c24-15-8-5-13(6-9-15)12-27-21-20(14-7-10-17(25)18(26)11-14)31-23(30)28(21)19-4-2-1-3-16(19)22(27)29/h1-11H,12H2. The predicted molar refractivity (Wildman–Crippen MR) is 134 cm³/mol. The molecule has 0 bridgehead atoms. The molecule has 0 atom stereocenters. The van der Waals surface area contributed by atoms with Crippen molar-refractivity contribution < 1.29 is 0 Å². The van der Waals surface area contributed by atoms with Crippen LogP contribution in [0.3, 0.4) is 0 Å². The average Bonchev–Trinajstić information content (AvgIpc) is 3.11. The van der Waals surface area contributed by atoms with Gasteiger partial charge in [0.1, 0.15) is 5.65 Å². The highest BCUT2D eigenvalue weighted by Gasteiger charge is 2.19. The third-order valence-electron chi connectivity index (χ3n) is 5.10. The highest BCUT2D eigenvalue weighted by atomic mass is 35.5. The first-order chi connectivity index (χ1) is 14.9. The summed E-state index contributed by atoms with van der Waals surface area (Å²) >= 11 is 25.6. The number of hydrogen-bond donors (Lipinski definition) is 0. The molecule has 2 heterocycles. The lowest BCUT2D eigenvalue weighted by Gasteiger charge is -2.14. The van der Waals surface area contributed by atoms with Gasteiger partial charge in [0.2, 0.25) is 0 Å². The summed E-state index contributed by atoms with van der Waals surface area (Å²) in [5, 5.41) is 2.18. The molecular weight excluding hydrogens is 491 g/mol. The summed E-state index contributed by atoms with van der Waals surface area (Å²) in [5.41, 5.74) is 3.24. The molecule has 2 aromatic heterocycles. The molecule has 0 aliphatic heterocycles. The summed E-state index contributed by atoms with van der Waals surface area (Å²) in [4.78, 5) is 14.4. The molecular formula is C23H13Cl3N2OS2. The van der Waals surface area contributed by atoms with E-state index in [4.69, 9.17) is 47.0 Å². The number of hydrogen-bond acceptors (Lipinski definition) is 3. The van der Waals surface area contributed by atoms with Gasteiger partial charge in [-0.15, -0.1) is 11.3 Å². The lowest BCUT2D eigenvalue weighted by molar-refractivity contribution is 0.781. The van der Waals surface area contributed by atoms with Crippen LogP contribution in [0.15, 0.2) is 71.5 Å².